The van der Waals surface area contributed by atoms with E-state index in [4.69, 9.17) is 5.73 Å². The highest BCUT2D eigenvalue weighted by Gasteiger charge is 2.34. The molecule has 1 saturated carbocycles. The minimum atomic E-state index is -0.706. The average Bonchev–Trinajstić information content (AvgIpc) is 3.14. The second-order valence-electron chi connectivity index (χ2n) is 6.18. The molecule has 1 saturated heterocycles. The number of nitrogens with zero attached hydrogens (tertiary/aromatic N) is 1. The van der Waals surface area contributed by atoms with Gasteiger partial charge in [-0.2, -0.15) is 0 Å². The standard InChI is InChI=1S/C14H27N3O/c1-3-8-14(2,15)13(18)16-11-6-9-17(10-7-11)12-4-5-12/h11-12H,3-10,15H2,1-2H3,(H,16,18). The van der Waals surface area contributed by atoms with Crippen LogP contribution in [-0.4, -0.2) is 41.5 Å². The second-order valence-corrected chi connectivity index (χ2v) is 6.18. The van der Waals surface area contributed by atoms with Crippen LogP contribution in [0.1, 0.15) is 52.4 Å². The highest BCUT2D eigenvalue weighted by molar-refractivity contribution is 5.85. The van der Waals surface area contributed by atoms with Gasteiger partial charge >= 0.3 is 0 Å². The molecule has 1 atom stereocenters. The van der Waals surface area contributed by atoms with E-state index >= 15 is 0 Å². The van der Waals surface area contributed by atoms with E-state index in [2.05, 4.69) is 17.1 Å². The highest BCUT2D eigenvalue weighted by Crippen LogP contribution is 2.29. The Hall–Kier alpha value is -0.610. The van der Waals surface area contributed by atoms with E-state index in [9.17, 15) is 4.79 Å². The quantitative estimate of drug-likeness (QED) is 0.775. The zero-order valence-electron chi connectivity index (χ0n) is 11.7. The molecule has 0 aromatic carbocycles. The Kier molecular flexibility index (Phi) is 4.28. The van der Waals surface area contributed by atoms with E-state index in [1.807, 2.05) is 6.92 Å². The van der Waals surface area contributed by atoms with Crippen LogP contribution in [0.3, 0.4) is 0 Å². The van der Waals surface area contributed by atoms with E-state index in [1.165, 1.54) is 12.8 Å². The summed E-state index contributed by atoms with van der Waals surface area (Å²) in [5, 5.41) is 3.13. The van der Waals surface area contributed by atoms with Crippen LogP contribution in [0.5, 0.6) is 0 Å². The monoisotopic (exact) mass is 253 g/mol. The van der Waals surface area contributed by atoms with E-state index in [0.29, 0.717) is 6.04 Å². The SMILES string of the molecule is CCCC(C)(N)C(=O)NC1CCN(C2CC2)CC1. The lowest BCUT2D eigenvalue weighted by atomic mass is 9.95. The van der Waals surface area contributed by atoms with Crippen molar-refractivity contribution in [3.63, 3.8) is 0 Å². The maximum Gasteiger partial charge on any atom is 0.240 e. The molecule has 1 aliphatic carbocycles. The summed E-state index contributed by atoms with van der Waals surface area (Å²) in [6, 6.07) is 1.17. The first-order chi connectivity index (χ1) is 8.53. The van der Waals surface area contributed by atoms with Gasteiger partial charge in [0.25, 0.3) is 0 Å². The molecule has 4 heteroatoms. The minimum absolute atomic E-state index is 0.0224. The minimum Gasteiger partial charge on any atom is -0.352 e. The van der Waals surface area contributed by atoms with Gasteiger partial charge in [-0.3, -0.25) is 4.79 Å². The zero-order valence-corrected chi connectivity index (χ0v) is 11.7. The molecule has 104 valence electrons. The summed E-state index contributed by atoms with van der Waals surface area (Å²) in [5.74, 6) is 0.0224. The molecule has 1 heterocycles. The van der Waals surface area contributed by atoms with Crippen molar-refractivity contribution in [2.75, 3.05) is 13.1 Å². The average molecular weight is 253 g/mol. The third-order valence-corrected chi connectivity index (χ3v) is 4.22. The molecule has 1 unspecified atom stereocenters. The van der Waals surface area contributed by atoms with Gasteiger partial charge in [-0.1, -0.05) is 13.3 Å². The Bertz CT molecular complexity index is 291. The smallest absolute Gasteiger partial charge is 0.240 e. The van der Waals surface area contributed by atoms with Crippen LogP contribution in [0.2, 0.25) is 0 Å². The van der Waals surface area contributed by atoms with Gasteiger partial charge in [0.15, 0.2) is 0 Å². The van der Waals surface area contributed by atoms with Crippen molar-refractivity contribution in [3.8, 4) is 0 Å². The molecule has 1 aliphatic heterocycles. The normalized spacial score (nSPS) is 25.7. The van der Waals surface area contributed by atoms with Gasteiger partial charge in [-0.25, -0.2) is 0 Å². The molecule has 2 rings (SSSR count). The number of amides is 1. The molecule has 18 heavy (non-hydrogen) atoms. The van der Waals surface area contributed by atoms with Crippen molar-refractivity contribution in [3.05, 3.63) is 0 Å². The van der Waals surface area contributed by atoms with Crippen molar-refractivity contribution in [2.24, 2.45) is 5.73 Å². The third kappa shape index (κ3) is 3.45. The Labute approximate surface area is 110 Å². The van der Waals surface area contributed by atoms with Gasteiger partial charge in [0.1, 0.15) is 0 Å². The summed E-state index contributed by atoms with van der Waals surface area (Å²) in [7, 11) is 0. The molecule has 4 nitrogen and oxygen atoms in total. The predicted octanol–water partition coefficient (Wildman–Crippen LogP) is 1.25. The van der Waals surface area contributed by atoms with Crippen molar-refractivity contribution in [1.29, 1.82) is 0 Å². The second kappa shape index (κ2) is 5.57. The fourth-order valence-corrected chi connectivity index (χ4v) is 2.83. The number of rotatable bonds is 5. The van der Waals surface area contributed by atoms with Crippen molar-refractivity contribution in [2.45, 2.75) is 70.0 Å². The molecule has 0 spiro atoms. The van der Waals surface area contributed by atoms with Crippen LogP contribution in [0.15, 0.2) is 0 Å². The van der Waals surface area contributed by atoms with Gasteiger partial charge in [0.05, 0.1) is 5.54 Å². The van der Waals surface area contributed by atoms with E-state index in [1.54, 1.807) is 0 Å². The molecule has 0 aromatic rings. The van der Waals surface area contributed by atoms with E-state index in [-0.39, 0.29) is 5.91 Å². The van der Waals surface area contributed by atoms with Crippen LogP contribution < -0.4 is 11.1 Å². The maximum absolute atomic E-state index is 12.1. The molecular weight excluding hydrogens is 226 g/mol. The highest BCUT2D eigenvalue weighted by atomic mass is 16.2. The van der Waals surface area contributed by atoms with Crippen molar-refractivity contribution >= 4 is 5.91 Å². The lowest BCUT2D eigenvalue weighted by Crippen LogP contribution is -2.55. The topological polar surface area (TPSA) is 58.4 Å². The van der Waals surface area contributed by atoms with Crippen LogP contribution in [0.25, 0.3) is 0 Å². The van der Waals surface area contributed by atoms with Crippen molar-refractivity contribution < 1.29 is 4.79 Å². The first-order valence-corrected chi connectivity index (χ1v) is 7.37. The predicted molar refractivity (Wildman–Crippen MR) is 73.3 cm³/mol. The molecule has 2 aliphatic rings. The van der Waals surface area contributed by atoms with Gasteiger partial charge in [-0.15, -0.1) is 0 Å². The molecule has 0 bridgehead atoms. The number of carbonyl (C=O) groups excluding carboxylic acids is 1. The number of likely N-dealkylation sites (tertiary alicyclic amines) is 1. The first-order valence-electron chi connectivity index (χ1n) is 7.37. The summed E-state index contributed by atoms with van der Waals surface area (Å²) < 4.78 is 0. The molecule has 0 radical (unpaired) electrons. The van der Waals surface area contributed by atoms with Crippen molar-refractivity contribution in [1.82, 2.24) is 10.2 Å². The van der Waals surface area contributed by atoms with Crippen LogP contribution in [0.4, 0.5) is 0 Å². The summed E-state index contributed by atoms with van der Waals surface area (Å²) in [4.78, 5) is 14.7. The number of hydrogen-bond acceptors (Lipinski definition) is 3. The zero-order chi connectivity index (χ0) is 13.2. The van der Waals surface area contributed by atoms with Crippen LogP contribution in [0, 0.1) is 0 Å². The number of hydrogen-bond donors (Lipinski definition) is 2. The van der Waals surface area contributed by atoms with Gasteiger partial charge in [-0.05, 0) is 39.0 Å². The van der Waals surface area contributed by atoms with Crippen LogP contribution in [-0.2, 0) is 4.79 Å². The molecule has 0 aromatic heterocycles. The lowest BCUT2D eigenvalue weighted by Gasteiger charge is -2.34. The van der Waals surface area contributed by atoms with E-state index < -0.39 is 5.54 Å². The van der Waals surface area contributed by atoms with Gasteiger partial charge in [0, 0.05) is 25.2 Å². The van der Waals surface area contributed by atoms with Gasteiger partial charge < -0.3 is 16.0 Å². The lowest BCUT2D eigenvalue weighted by molar-refractivity contribution is -0.127. The molecule has 1 amide bonds. The summed E-state index contributed by atoms with van der Waals surface area (Å²) in [6.07, 6.45) is 6.58. The fourth-order valence-electron chi connectivity index (χ4n) is 2.83. The third-order valence-electron chi connectivity index (χ3n) is 4.22. The summed E-state index contributed by atoms with van der Waals surface area (Å²) in [6.45, 7) is 6.16. The Balaban J connectivity index is 1.74. The Morgan fingerprint density at radius 2 is 1.94 bits per heavy atom. The molecule has 2 fully saturated rings. The number of nitrogens with two attached hydrogens (primary N) is 1. The maximum atomic E-state index is 12.1. The largest absolute Gasteiger partial charge is 0.352 e. The summed E-state index contributed by atoms with van der Waals surface area (Å²) in [5.41, 5.74) is 5.35. The number of nitrogens with one attached hydrogen (secondary N) is 1. The van der Waals surface area contributed by atoms with Crippen LogP contribution >= 0.6 is 0 Å². The van der Waals surface area contributed by atoms with Gasteiger partial charge in [0.2, 0.25) is 5.91 Å². The Morgan fingerprint density at radius 1 is 1.33 bits per heavy atom. The summed E-state index contributed by atoms with van der Waals surface area (Å²) >= 11 is 0. The first kappa shape index (κ1) is 13.8. The number of piperidine rings is 1. The molecule has 3 N–H and O–H groups in total. The Morgan fingerprint density at radius 3 is 2.44 bits per heavy atom. The fraction of sp³-hybridized carbons (Fsp3) is 0.929. The molecular formula is C14H27N3O. The number of carbonyl (C=O) groups is 1. The van der Waals surface area contributed by atoms with E-state index in [0.717, 1.165) is 44.8 Å².